The van der Waals surface area contributed by atoms with E-state index in [-0.39, 0.29) is 10.8 Å². The molecule has 1 aliphatic heterocycles. The van der Waals surface area contributed by atoms with Crippen LogP contribution in [0.15, 0.2) is 4.79 Å². The minimum Gasteiger partial charge on any atom is -0.384 e. The Balaban J connectivity index is 2.37. The third-order valence-electron chi connectivity index (χ3n) is 2.19. The quantitative estimate of drug-likeness (QED) is 0.701. The number of rotatable bonds is 1. The molecule has 82 valence electrons. The van der Waals surface area contributed by atoms with Crippen LogP contribution in [-0.4, -0.2) is 36.3 Å². The predicted octanol–water partition coefficient (Wildman–Crippen LogP) is -0.158. The first kappa shape index (κ1) is 10.3. The lowest BCUT2D eigenvalue weighted by atomic mass is 10.4. The van der Waals surface area contributed by atoms with E-state index in [1.807, 2.05) is 4.90 Å². The first-order valence-corrected chi connectivity index (χ1v) is 4.94. The van der Waals surface area contributed by atoms with Crippen LogP contribution in [0, 0.1) is 0 Å². The molecule has 0 bridgehead atoms. The molecule has 0 unspecified atom stereocenters. The van der Waals surface area contributed by atoms with Crippen LogP contribution >= 0.6 is 11.6 Å². The number of nitrogen functional groups attached to an aromatic ring is 1. The molecule has 0 spiro atoms. The molecular formula is C8H11ClN4O2. The Bertz CT molecular complexity index is 414. The molecule has 1 aromatic rings. The smallest absolute Gasteiger partial charge is 0.348 e. The van der Waals surface area contributed by atoms with E-state index in [1.54, 1.807) is 0 Å². The maximum absolute atomic E-state index is 11.1. The third-order valence-corrected chi connectivity index (χ3v) is 2.57. The molecule has 1 saturated heterocycles. The van der Waals surface area contributed by atoms with Crippen molar-refractivity contribution in [3.8, 4) is 0 Å². The minimum atomic E-state index is -0.488. The Kier molecular flexibility index (Phi) is 2.79. The fraction of sp³-hybridized carbons (Fsp3) is 0.500. The highest BCUT2D eigenvalue weighted by Gasteiger charge is 2.17. The molecule has 1 aromatic heterocycles. The number of anilines is 2. The normalized spacial score (nSPS) is 16.7. The van der Waals surface area contributed by atoms with E-state index in [0.717, 1.165) is 0 Å². The highest BCUT2D eigenvalue weighted by atomic mass is 35.5. The number of hydrogen-bond acceptors (Lipinski definition) is 5. The number of hydrogen-bond donors (Lipinski definition) is 2. The first-order valence-electron chi connectivity index (χ1n) is 4.56. The fourth-order valence-corrected chi connectivity index (χ4v) is 1.66. The van der Waals surface area contributed by atoms with Gasteiger partial charge in [-0.05, 0) is 0 Å². The maximum Gasteiger partial charge on any atom is 0.348 e. The van der Waals surface area contributed by atoms with Crippen LogP contribution in [0.1, 0.15) is 0 Å². The summed E-state index contributed by atoms with van der Waals surface area (Å²) in [7, 11) is 0. The number of H-pyrrole nitrogens is 1. The molecule has 2 heterocycles. The lowest BCUT2D eigenvalue weighted by Crippen LogP contribution is -2.38. The van der Waals surface area contributed by atoms with Crippen molar-refractivity contribution >= 4 is 23.2 Å². The van der Waals surface area contributed by atoms with Crippen molar-refractivity contribution in [2.45, 2.75) is 0 Å². The van der Waals surface area contributed by atoms with Crippen molar-refractivity contribution in [1.29, 1.82) is 0 Å². The second kappa shape index (κ2) is 4.08. The first-order chi connectivity index (χ1) is 7.18. The lowest BCUT2D eigenvalue weighted by Gasteiger charge is -2.28. The van der Waals surface area contributed by atoms with Gasteiger partial charge in [0.25, 0.3) is 0 Å². The number of aromatic amines is 1. The number of nitrogens with two attached hydrogens (primary N) is 1. The number of halogens is 1. The van der Waals surface area contributed by atoms with Gasteiger partial charge in [0.2, 0.25) is 0 Å². The van der Waals surface area contributed by atoms with E-state index in [9.17, 15) is 4.79 Å². The summed E-state index contributed by atoms with van der Waals surface area (Å²) < 4.78 is 5.19. The van der Waals surface area contributed by atoms with Gasteiger partial charge >= 0.3 is 5.69 Å². The summed E-state index contributed by atoms with van der Waals surface area (Å²) in [4.78, 5) is 19.2. The molecule has 15 heavy (non-hydrogen) atoms. The summed E-state index contributed by atoms with van der Waals surface area (Å²) in [5, 5.41) is 0.288. The zero-order valence-corrected chi connectivity index (χ0v) is 8.75. The molecule has 6 nitrogen and oxygen atoms in total. The summed E-state index contributed by atoms with van der Waals surface area (Å²) in [5.74, 6) is 0.583. The number of nitrogens with one attached hydrogen (secondary N) is 1. The Morgan fingerprint density at radius 1 is 1.47 bits per heavy atom. The van der Waals surface area contributed by atoms with Gasteiger partial charge in [0.15, 0.2) is 5.82 Å². The van der Waals surface area contributed by atoms with Gasteiger partial charge in [0.1, 0.15) is 10.8 Å². The molecule has 0 aliphatic carbocycles. The van der Waals surface area contributed by atoms with Gasteiger partial charge in [-0.3, -0.25) is 4.98 Å². The van der Waals surface area contributed by atoms with Crippen molar-refractivity contribution in [3.63, 3.8) is 0 Å². The lowest BCUT2D eigenvalue weighted by molar-refractivity contribution is 0.122. The van der Waals surface area contributed by atoms with Crippen LogP contribution in [0.4, 0.5) is 11.6 Å². The topological polar surface area (TPSA) is 84.2 Å². The third kappa shape index (κ3) is 2.05. The van der Waals surface area contributed by atoms with Gasteiger partial charge in [-0.1, -0.05) is 11.6 Å². The monoisotopic (exact) mass is 230 g/mol. The number of aromatic nitrogens is 2. The highest BCUT2D eigenvalue weighted by Crippen LogP contribution is 2.26. The summed E-state index contributed by atoms with van der Waals surface area (Å²) in [6.45, 7) is 2.53. The molecule has 1 fully saturated rings. The fourth-order valence-electron chi connectivity index (χ4n) is 1.45. The van der Waals surface area contributed by atoms with Gasteiger partial charge in [0, 0.05) is 13.1 Å². The van der Waals surface area contributed by atoms with E-state index in [4.69, 9.17) is 22.1 Å². The molecule has 0 saturated carbocycles. The maximum atomic E-state index is 11.1. The van der Waals surface area contributed by atoms with E-state index >= 15 is 0 Å². The molecule has 2 rings (SSSR count). The Hall–Kier alpha value is -1.27. The molecular weight excluding hydrogens is 220 g/mol. The molecule has 0 amide bonds. The molecule has 0 radical (unpaired) electrons. The van der Waals surface area contributed by atoms with Crippen LogP contribution in [0.2, 0.25) is 5.02 Å². The van der Waals surface area contributed by atoms with Crippen molar-refractivity contribution in [2.75, 3.05) is 36.9 Å². The van der Waals surface area contributed by atoms with Crippen LogP contribution < -0.4 is 16.3 Å². The molecule has 7 heteroatoms. The van der Waals surface area contributed by atoms with E-state index in [2.05, 4.69) is 9.97 Å². The van der Waals surface area contributed by atoms with E-state index in [1.165, 1.54) is 0 Å². The molecule has 0 aromatic carbocycles. The number of nitrogens with zero attached hydrogens (tertiary/aromatic N) is 2. The average Bonchev–Trinajstić information content (AvgIpc) is 2.24. The van der Waals surface area contributed by atoms with Crippen molar-refractivity contribution in [1.82, 2.24) is 9.97 Å². The van der Waals surface area contributed by atoms with Crippen LogP contribution in [-0.2, 0) is 4.74 Å². The van der Waals surface area contributed by atoms with E-state index in [0.29, 0.717) is 32.1 Å². The van der Waals surface area contributed by atoms with Gasteiger partial charge in [-0.15, -0.1) is 0 Å². The average molecular weight is 231 g/mol. The summed E-state index contributed by atoms with van der Waals surface area (Å²) in [6, 6.07) is 0. The van der Waals surface area contributed by atoms with Crippen LogP contribution in [0.5, 0.6) is 0 Å². The van der Waals surface area contributed by atoms with Gasteiger partial charge in [-0.25, -0.2) is 4.79 Å². The zero-order valence-electron chi connectivity index (χ0n) is 7.99. The van der Waals surface area contributed by atoms with Gasteiger partial charge in [0.05, 0.1) is 13.2 Å². The van der Waals surface area contributed by atoms with Gasteiger partial charge < -0.3 is 15.4 Å². The summed E-state index contributed by atoms with van der Waals surface area (Å²) >= 11 is 5.96. The second-order valence-electron chi connectivity index (χ2n) is 3.19. The number of ether oxygens (including phenoxy) is 1. The van der Waals surface area contributed by atoms with Crippen molar-refractivity contribution < 1.29 is 4.74 Å². The van der Waals surface area contributed by atoms with Gasteiger partial charge in [-0.2, -0.15) is 4.98 Å². The molecule has 3 N–H and O–H groups in total. The zero-order chi connectivity index (χ0) is 10.8. The Labute approximate surface area is 91.0 Å². The summed E-state index contributed by atoms with van der Waals surface area (Å²) in [5.41, 5.74) is 5.06. The standard InChI is InChI=1S/C8H11ClN4O2/c9-5-6(10)11-8(14)12-7(5)13-1-3-15-4-2-13/h1-4H2,(H3,10,11,12,14). The molecule has 0 atom stereocenters. The van der Waals surface area contributed by atoms with Crippen molar-refractivity contribution in [2.24, 2.45) is 0 Å². The highest BCUT2D eigenvalue weighted by molar-refractivity contribution is 6.35. The largest absolute Gasteiger partial charge is 0.384 e. The Morgan fingerprint density at radius 3 is 2.80 bits per heavy atom. The van der Waals surface area contributed by atoms with Crippen molar-refractivity contribution in [3.05, 3.63) is 15.5 Å². The van der Waals surface area contributed by atoms with E-state index < -0.39 is 5.69 Å². The predicted molar refractivity (Wildman–Crippen MR) is 57.3 cm³/mol. The van der Waals surface area contributed by atoms with Crippen LogP contribution in [0.3, 0.4) is 0 Å². The van der Waals surface area contributed by atoms with Crippen LogP contribution in [0.25, 0.3) is 0 Å². The number of morpholine rings is 1. The SMILES string of the molecule is Nc1[nH]c(=O)nc(N2CCOCC2)c1Cl. The minimum absolute atomic E-state index is 0.151. The summed E-state index contributed by atoms with van der Waals surface area (Å²) in [6.07, 6.45) is 0. The second-order valence-corrected chi connectivity index (χ2v) is 3.57. The molecule has 1 aliphatic rings. The Morgan fingerprint density at radius 2 is 2.13 bits per heavy atom.